The van der Waals surface area contributed by atoms with E-state index in [2.05, 4.69) is 15.0 Å². The number of benzene rings is 1. The lowest BCUT2D eigenvalue weighted by molar-refractivity contribution is 0.100. The number of methoxy groups -OCH3 is 3. The molecule has 148 valence electrons. The Balaban J connectivity index is 1.83. The molecule has 1 fully saturated rings. The average molecular weight is 377 g/mol. The lowest BCUT2D eigenvalue weighted by Gasteiger charge is -2.34. The summed E-state index contributed by atoms with van der Waals surface area (Å²) in [5, 5.41) is 13.4. The van der Waals surface area contributed by atoms with Crippen LogP contribution in [0.15, 0.2) is 16.7 Å². The minimum atomic E-state index is 0.194. The fraction of sp³-hybridized carbons (Fsp3) is 0.579. The number of likely N-dealkylation sites (tertiary alicyclic amines) is 1. The molecule has 1 aromatic carbocycles. The maximum atomic E-state index is 9.29. The molecule has 1 N–H and O–H groups in total. The second kappa shape index (κ2) is 9.05. The van der Waals surface area contributed by atoms with E-state index in [4.69, 9.17) is 18.7 Å². The lowest BCUT2D eigenvalue weighted by atomic mass is 10.00. The van der Waals surface area contributed by atoms with Gasteiger partial charge in [0, 0.05) is 12.6 Å². The third-order valence-corrected chi connectivity index (χ3v) is 4.96. The van der Waals surface area contributed by atoms with Crippen LogP contribution in [0.1, 0.15) is 31.6 Å². The van der Waals surface area contributed by atoms with E-state index in [-0.39, 0.29) is 6.61 Å². The largest absolute Gasteiger partial charge is 0.493 e. The van der Waals surface area contributed by atoms with Gasteiger partial charge in [-0.1, -0.05) is 11.6 Å². The Morgan fingerprint density at radius 1 is 1.15 bits per heavy atom. The molecule has 2 aromatic rings. The van der Waals surface area contributed by atoms with Crippen LogP contribution in [0.3, 0.4) is 0 Å². The quantitative estimate of drug-likeness (QED) is 0.750. The summed E-state index contributed by atoms with van der Waals surface area (Å²) < 4.78 is 21.7. The predicted octanol–water partition coefficient (Wildman–Crippen LogP) is 2.50. The van der Waals surface area contributed by atoms with Crippen molar-refractivity contribution in [1.29, 1.82) is 0 Å². The summed E-state index contributed by atoms with van der Waals surface area (Å²) >= 11 is 0. The Bertz CT molecular complexity index is 747. The molecule has 27 heavy (non-hydrogen) atoms. The first-order chi connectivity index (χ1) is 13.2. The maximum absolute atomic E-state index is 9.29. The van der Waals surface area contributed by atoms with Crippen LogP contribution >= 0.6 is 0 Å². The van der Waals surface area contributed by atoms with Gasteiger partial charge in [0.2, 0.25) is 17.5 Å². The molecule has 0 saturated carbocycles. The fourth-order valence-corrected chi connectivity index (χ4v) is 3.62. The highest BCUT2D eigenvalue weighted by molar-refractivity contribution is 5.71. The number of piperidine rings is 1. The molecule has 1 aromatic heterocycles. The van der Waals surface area contributed by atoms with Gasteiger partial charge in [0.1, 0.15) is 0 Å². The van der Waals surface area contributed by atoms with Crippen molar-refractivity contribution >= 4 is 0 Å². The maximum Gasteiger partial charge on any atom is 0.241 e. The summed E-state index contributed by atoms with van der Waals surface area (Å²) in [7, 11) is 4.70. The van der Waals surface area contributed by atoms with Crippen molar-refractivity contribution in [1.82, 2.24) is 15.0 Å². The normalized spacial score (nSPS) is 17.7. The van der Waals surface area contributed by atoms with E-state index in [9.17, 15) is 5.11 Å². The van der Waals surface area contributed by atoms with Crippen LogP contribution in [0.2, 0.25) is 0 Å². The van der Waals surface area contributed by atoms with Crippen molar-refractivity contribution in [2.45, 2.75) is 38.3 Å². The molecule has 0 amide bonds. The molecule has 2 heterocycles. The molecular formula is C19H27N3O5. The molecule has 1 aliphatic rings. The zero-order valence-electron chi connectivity index (χ0n) is 16.1. The summed E-state index contributed by atoms with van der Waals surface area (Å²) in [6.45, 7) is 1.74. The van der Waals surface area contributed by atoms with Crippen LogP contribution in [0.4, 0.5) is 0 Å². The Kier molecular flexibility index (Phi) is 6.52. The summed E-state index contributed by atoms with van der Waals surface area (Å²) in [6.07, 6.45) is 4.20. The van der Waals surface area contributed by atoms with Gasteiger partial charge in [-0.15, -0.1) is 0 Å². The molecule has 0 radical (unpaired) electrons. The average Bonchev–Trinajstić information content (AvgIpc) is 3.16. The minimum absolute atomic E-state index is 0.194. The smallest absolute Gasteiger partial charge is 0.241 e. The summed E-state index contributed by atoms with van der Waals surface area (Å²) in [5.41, 5.74) is 0.677. The topological polar surface area (TPSA) is 90.1 Å². The SMILES string of the molecule is COc1ccc(-c2noc(CN3CCCC[C@H]3CCO)n2)c(OC)c1OC. The molecule has 0 aliphatic carbocycles. The number of nitrogens with zero attached hydrogens (tertiary/aromatic N) is 3. The first kappa shape index (κ1) is 19.4. The summed E-state index contributed by atoms with van der Waals surface area (Å²) in [6, 6.07) is 3.97. The van der Waals surface area contributed by atoms with Crippen LogP contribution in [0.25, 0.3) is 11.4 Å². The van der Waals surface area contributed by atoms with E-state index >= 15 is 0 Å². The Morgan fingerprint density at radius 3 is 2.67 bits per heavy atom. The highest BCUT2D eigenvalue weighted by Crippen LogP contribution is 2.43. The molecule has 0 bridgehead atoms. The van der Waals surface area contributed by atoms with Crippen molar-refractivity contribution in [3.63, 3.8) is 0 Å². The molecule has 1 aliphatic heterocycles. The van der Waals surface area contributed by atoms with Gasteiger partial charge >= 0.3 is 0 Å². The number of aliphatic hydroxyl groups excluding tert-OH is 1. The number of ether oxygens (including phenoxy) is 3. The zero-order valence-corrected chi connectivity index (χ0v) is 16.1. The fourth-order valence-electron chi connectivity index (χ4n) is 3.62. The Hall–Kier alpha value is -2.32. The third-order valence-electron chi connectivity index (χ3n) is 4.96. The van der Waals surface area contributed by atoms with E-state index in [1.165, 1.54) is 6.42 Å². The molecule has 1 atom stereocenters. The van der Waals surface area contributed by atoms with Crippen molar-refractivity contribution in [3.8, 4) is 28.6 Å². The monoisotopic (exact) mass is 377 g/mol. The van der Waals surface area contributed by atoms with Gasteiger partial charge in [-0.3, -0.25) is 4.90 Å². The summed E-state index contributed by atoms with van der Waals surface area (Å²) in [5.74, 6) is 2.55. The standard InChI is InChI=1S/C19H27N3O5/c1-24-15-8-7-14(17(25-2)18(15)26-3)19-20-16(27-21-19)12-22-10-5-4-6-13(22)9-11-23/h7-8,13,23H,4-6,9-12H2,1-3H3/t13-/m0/s1. The number of rotatable bonds is 8. The van der Waals surface area contributed by atoms with Gasteiger partial charge in [-0.05, 0) is 37.9 Å². The van der Waals surface area contributed by atoms with Crippen molar-refractivity contribution < 1.29 is 23.8 Å². The van der Waals surface area contributed by atoms with Crippen LogP contribution in [-0.2, 0) is 6.54 Å². The Labute approximate surface area is 159 Å². The van der Waals surface area contributed by atoms with Crippen LogP contribution in [0, 0.1) is 0 Å². The summed E-state index contributed by atoms with van der Waals surface area (Å²) in [4.78, 5) is 6.86. The van der Waals surface area contributed by atoms with E-state index < -0.39 is 0 Å². The van der Waals surface area contributed by atoms with E-state index in [0.29, 0.717) is 47.1 Å². The van der Waals surface area contributed by atoms with Crippen LogP contribution in [-0.4, -0.2) is 60.7 Å². The molecule has 3 rings (SSSR count). The lowest BCUT2D eigenvalue weighted by Crippen LogP contribution is -2.39. The predicted molar refractivity (Wildman–Crippen MR) is 99.1 cm³/mol. The van der Waals surface area contributed by atoms with Crippen molar-refractivity contribution in [3.05, 3.63) is 18.0 Å². The number of aliphatic hydroxyl groups is 1. The van der Waals surface area contributed by atoms with Gasteiger partial charge < -0.3 is 23.8 Å². The van der Waals surface area contributed by atoms with Crippen LogP contribution < -0.4 is 14.2 Å². The van der Waals surface area contributed by atoms with E-state index in [0.717, 1.165) is 25.8 Å². The molecular weight excluding hydrogens is 350 g/mol. The second-order valence-electron chi connectivity index (χ2n) is 6.53. The highest BCUT2D eigenvalue weighted by Gasteiger charge is 2.25. The molecule has 8 heteroatoms. The minimum Gasteiger partial charge on any atom is -0.493 e. The van der Waals surface area contributed by atoms with Gasteiger partial charge in [0.05, 0.1) is 33.4 Å². The van der Waals surface area contributed by atoms with E-state index in [1.54, 1.807) is 27.4 Å². The van der Waals surface area contributed by atoms with Gasteiger partial charge in [0.25, 0.3) is 0 Å². The first-order valence-electron chi connectivity index (χ1n) is 9.18. The Morgan fingerprint density at radius 2 is 1.96 bits per heavy atom. The molecule has 1 saturated heterocycles. The zero-order chi connectivity index (χ0) is 19.2. The van der Waals surface area contributed by atoms with Crippen LogP contribution in [0.5, 0.6) is 17.2 Å². The van der Waals surface area contributed by atoms with Gasteiger partial charge in [0.15, 0.2) is 11.5 Å². The number of hydrogen-bond donors (Lipinski definition) is 1. The number of hydrogen-bond acceptors (Lipinski definition) is 8. The van der Waals surface area contributed by atoms with E-state index in [1.807, 2.05) is 6.07 Å². The van der Waals surface area contributed by atoms with Gasteiger partial charge in [-0.25, -0.2) is 0 Å². The number of aromatic nitrogens is 2. The second-order valence-corrected chi connectivity index (χ2v) is 6.53. The molecule has 0 spiro atoms. The third kappa shape index (κ3) is 4.17. The highest BCUT2D eigenvalue weighted by atomic mass is 16.5. The molecule has 8 nitrogen and oxygen atoms in total. The first-order valence-corrected chi connectivity index (χ1v) is 9.18. The van der Waals surface area contributed by atoms with Crippen molar-refractivity contribution in [2.24, 2.45) is 0 Å². The van der Waals surface area contributed by atoms with Gasteiger partial charge in [-0.2, -0.15) is 4.98 Å². The van der Waals surface area contributed by atoms with Crippen molar-refractivity contribution in [2.75, 3.05) is 34.5 Å². The molecule has 0 unspecified atom stereocenters.